The van der Waals surface area contributed by atoms with Crippen LogP contribution in [0.25, 0.3) is 0 Å². The van der Waals surface area contributed by atoms with E-state index in [4.69, 9.17) is 9.47 Å². The van der Waals surface area contributed by atoms with E-state index >= 15 is 0 Å². The number of nitrogens with one attached hydrogen (secondary N) is 3. The molecule has 2 atom stereocenters. The van der Waals surface area contributed by atoms with E-state index in [1.807, 2.05) is 6.07 Å². The third kappa shape index (κ3) is 6.76. The van der Waals surface area contributed by atoms with Crippen molar-refractivity contribution in [3.05, 3.63) is 83.4 Å². The molecule has 5 rings (SSSR count). The molecule has 12 heteroatoms. The molecule has 4 amide bonds. The summed E-state index contributed by atoms with van der Waals surface area (Å²) in [5.74, 6) is -1.43. The number of ether oxygens (including phenoxy) is 2. The van der Waals surface area contributed by atoms with Gasteiger partial charge in [0.25, 0.3) is 0 Å². The maximum atomic E-state index is 13.7. The fourth-order valence-corrected chi connectivity index (χ4v) is 5.39. The normalized spacial score (nSPS) is 17.5. The molecule has 0 saturated heterocycles. The minimum absolute atomic E-state index is 0.102. The Morgan fingerprint density at radius 1 is 1.10 bits per heavy atom. The van der Waals surface area contributed by atoms with Gasteiger partial charge < -0.3 is 25.4 Å². The number of esters is 1. The zero-order valence-corrected chi connectivity index (χ0v) is 23.2. The Hall–Kier alpha value is -5.15. The summed E-state index contributed by atoms with van der Waals surface area (Å²) < 4.78 is 11.6. The monoisotopic (exact) mass is 583 g/mol. The number of thioether (sulfide) groups is 1. The zero-order valence-electron chi connectivity index (χ0n) is 22.4. The number of carbonyl (C=O) groups excluding carboxylic acids is 4. The Morgan fingerprint density at radius 2 is 1.93 bits per heavy atom. The van der Waals surface area contributed by atoms with Gasteiger partial charge in [-0.15, -0.1) is 11.8 Å². The number of aliphatic imine (C=N–C) groups is 1. The summed E-state index contributed by atoms with van der Waals surface area (Å²) in [6, 6.07) is 19.2. The Bertz CT molecular complexity index is 1650. The van der Waals surface area contributed by atoms with Crippen LogP contribution in [0.1, 0.15) is 29.7 Å². The van der Waals surface area contributed by atoms with Gasteiger partial charge in [0.05, 0.1) is 34.8 Å². The second-order valence-electron chi connectivity index (χ2n) is 9.52. The summed E-state index contributed by atoms with van der Waals surface area (Å²) in [6.45, 7) is 1.07. The number of nitrogens with zero attached hydrogens (tertiary/aromatic N) is 2. The molecule has 0 aliphatic carbocycles. The van der Waals surface area contributed by atoms with Gasteiger partial charge in [-0.25, -0.2) is 4.79 Å². The Balaban J connectivity index is 1.43. The lowest BCUT2D eigenvalue weighted by Crippen LogP contribution is -2.47. The molecule has 2 aliphatic rings. The first kappa shape index (κ1) is 28.4. The first-order valence-corrected chi connectivity index (χ1v) is 13.9. The van der Waals surface area contributed by atoms with Crippen molar-refractivity contribution < 1.29 is 28.7 Å². The third-order valence-corrected chi connectivity index (χ3v) is 7.52. The molecule has 3 aromatic rings. The van der Waals surface area contributed by atoms with Gasteiger partial charge in [0, 0.05) is 23.6 Å². The smallest absolute Gasteiger partial charge is 0.341 e. The van der Waals surface area contributed by atoms with Gasteiger partial charge in [-0.1, -0.05) is 24.3 Å². The highest BCUT2D eigenvalue weighted by molar-refractivity contribution is 8.00. The average Bonchev–Trinajstić information content (AvgIpc) is 2.98. The molecule has 0 radical (unpaired) electrons. The van der Waals surface area contributed by atoms with E-state index in [0.29, 0.717) is 39.6 Å². The van der Waals surface area contributed by atoms with Gasteiger partial charge >= 0.3 is 12.0 Å². The van der Waals surface area contributed by atoms with Gasteiger partial charge in [-0.05, 0) is 47.5 Å². The summed E-state index contributed by atoms with van der Waals surface area (Å²) in [7, 11) is 0. The van der Waals surface area contributed by atoms with Gasteiger partial charge in [-0.3, -0.25) is 14.4 Å². The second-order valence-corrected chi connectivity index (χ2v) is 10.5. The Morgan fingerprint density at radius 3 is 2.74 bits per heavy atom. The minimum atomic E-state index is -1.06. The first-order chi connectivity index (χ1) is 20.3. The molecule has 0 spiro atoms. The molecule has 3 aromatic carbocycles. The van der Waals surface area contributed by atoms with Crippen LogP contribution in [-0.4, -0.2) is 41.9 Å². The molecule has 0 saturated carbocycles. The topological polar surface area (TPSA) is 159 Å². The van der Waals surface area contributed by atoms with Crippen LogP contribution in [0.2, 0.25) is 0 Å². The van der Waals surface area contributed by atoms with E-state index in [9.17, 15) is 24.4 Å². The number of hydrogen-bond donors (Lipinski definition) is 3. The maximum Gasteiger partial charge on any atom is 0.341 e. The largest absolute Gasteiger partial charge is 0.488 e. The van der Waals surface area contributed by atoms with Crippen molar-refractivity contribution in [3.63, 3.8) is 0 Å². The molecule has 0 fully saturated rings. The molecule has 2 heterocycles. The molecule has 11 nitrogen and oxygen atoms in total. The number of hydrogen-bond acceptors (Lipinski definition) is 8. The van der Waals surface area contributed by atoms with Crippen LogP contribution in [-0.2, 0) is 25.7 Å². The van der Waals surface area contributed by atoms with Crippen LogP contribution in [0.4, 0.5) is 16.2 Å². The molecular weight excluding hydrogens is 558 g/mol. The molecule has 3 N–H and O–H groups in total. The lowest BCUT2D eigenvalue weighted by Gasteiger charge is -2.31. The molecule has 2 unspecified atom stereocenters. The molecule has 42 heavy (non-hydrogen) atoms. The number of carbonyl (C=O) groups is 4. The zero-order chi connectivity index (χ0) is 29.6. The number of benzene rings is 3. The van der Waals surface area contributed by atoms with E-state index in [0.717, 1.165) is 4.90 Å². The summed E-state index contributed by atoms with van der Waals surface area (Å²) >= 11 is 1.40. The highest BCUT2D eigenvalue weighted by Crippen LogP contribution is 2.36. The van der Waals surface area contributed by atoms with Crippen LogP contribution in [0.15, 0.2) is 76.6 Å². The highest BCUT2D eigenvalue weighted by atomic mass is 32.2. The van der Waals surface area contributed by atoms with Gasteiger partial charge in [0.15, 0.2) is 0 Å². The number of urea groups is 1. The quantitative estimate of drug-likeness (QED) is 0.333. The van der Waals surface area contributed by atoms with Crippen LogP contribution in [0.3, 0.4) is 0 Å². The van der Waals surface area contributed by atoms with Crippen molar-refractivity contribution in [2.75, 3.05) is 23.0 Å². The molecule has 0 aromatic heterocycles. The average molecular weight is 584 g/mol. The number of anilines is 2. The molecular formula is C30H25N5O6S. The number of nitriles is 1. The SMILES string of the molecule is CC(=O)Nc1cccc(OCC2=NC(=O)NC(c3ccc4c(c3)NC(=O)CS4)C2C(=O)OCc2cccc(C#N)c2)c1. The Labute approximate surface area is 245 Å². The van der Waals surface area contributed by atoms with Crippen molar-refractivity contribution in [3.8, 4) is 11.8 Å². The van der Waals surface area contributed by atoms with Crippen molar-refractivity contribution in [2.24, 2.45) is 10.9 Å². The van der Waals surface area contributed by atoms with Crippen LogP contribution in [0, 0.1) is 17.2 Å². The second kappa shape index (κ2) is 12.6. The molecule has 2 aliphatic heterocycles. The predicted octanol–water partition coefficient (Wildman–Crippen LogP) is 4.20. The van der Waals surface area contributed by atoms with E-state index in [1.54, 1.807) is 60.7 Å². The minimum Gasteiger partial charge on any atom is -0.488 e. The van der Waals surface area contributed by atoms with E-state index in [2.05, 4.69) is 27.0 Å². The first-order valence-electron chi connectivity index (χ1n) is 12.9. The number of rotatable bonds is 8. The highest BCUT2D eigenvalue weighted by Gasteiger charge is 2.40. The Kier molecular flexibility index (Phi) is 8.50. The van der Waals surface area contributed by atoms with E-state index in [-0.39, 0.29) is 30.7 Å². The molecule has 212 valence electrons. The van der Waals surface area contributed by atoms with E-state index < -0.39 is 24.0 Å². The van der Waals surface area contributed by atoms with Gasteiger partial charge in [0.1, 0.15) is 24.9 Å². The number of fused-ring (bicyclic) bond motifs is 1. The van der Waals surface area contributed by atoms with Crippen LogP contribution < -0.4 is 20.7 Å². The van der Waals surface area contributed by atoms with E-state index in [1.165, 1.54) is 18.7 Å². The van der Waals surface area contributed by atoms with Gasteiger partial charge in [-0.2, -0.15) is 10.3 Å². The lowest BCUT2D eigenvalue weighted by molar-refractivity contribution is -0.148. The van der Waals surface area contributed by atoms with Crippen LogP contribution >= 0.6 is 11.8 Å². The number of amides is 4. The third-order valence-electron chi connectivity index (χ3n) is 6.44. The van der Waals surface area contributed by atoms with Crippen molar-refractivity contribution in [1.82, 2.24) is 5.32 Å². The summed E-state index contributed by atoms with van der Waals surface area (Å²) in [6.07, 6.45) is 0. The van der Waals surface area contributed by atoms with Crippen LogP contribution in [0.5, 0.6) is 5.75 Å². The fraction of sp³-hybridized carbons (Fsp3) is 0.200. The predicted molar refractivity (Wildman–Crippen MR) is 155 cm³/mol. The van der Waals surface area contributed by atoms with Crippen molar-refractivity contribution >= 4 is 52.7 Å². The molecule has 0 bridgehead atoms. The standard InChI is InChI=1S/C30H25N5O6S/c1-17(36)32-21-6-3-7-22(12-21)40-15-24-27(29(38)41-14-19-5-2-4-18(10-19)13-31)28(35-30(39)34-24)20-8-9-25-23(11-20)33-26(37)16-42-25/h2-12,27-28H,14-16H2,1H3,(H,32,36)(H,33,37)(H,35,39). The van der Waals surface area contributed by atoms with Crippen molar-refractivity contribution in [2.45, 2.75) is 24.5 Å². The summed E-state index contributed by atoms with van der Waals surface area (Å²) in [5, 5.41) is 17.5. The summed E-state index contributed by atoms with van der Waals surface area (Å²) in [4.78, 5) is 54.8. The fourth-order valence-electron chi connectivity index (χ4n) is 4.60. The lowest BCUT2D eigenvalue weighted by atomic mass is 9.87. The maximum absolute atomic E-state index is 13.7. The van der Waals surface area contributed by atoms with Crippen molar-refractivity contribution in [1.29, 1.82) is 5.26 Å². The summed E-state index contributed by atoms with van der Waals surface area (Å²) in [5.41, 5.74) is 2.86. The van der Waals surface area contributed by atoms with Gasteiger partial charge in [0.2, 0.25) is 11.8 Å².